The lowest BCUT2D eigenvalue weighted by molar-refractivity contribution is 0.101. The third-order valence-electron chi connectivity index (χ3n) is 4.97. The van der Waals surface area contributed by atoms with Crippen molar-refractivity contribution in [2.45, 2.75) is 46.3 Å². The number of benzene rings is 1. The van der Waals surface area contributed by atoms with Gasteiger partial charge in [0.25, 0.3) is 0 Å². The maximum Gasteiger partial charge on any atom is 0.148 e. The van der Waals surface area contributed by atoms with E-state index in [9.17, 15) is 0 Å². The van der Waals surface area contributed by atoms with E-state index in [1.54, 1.807) is 12.4 Å². The Labute approximate surface area is 191 Å². The molecule has 1 aliphatic rings. The molecule has 170 valence electrons. The first-order valence-electron chi connectivity index (χ1n) is 11.1. The van der Waals surface area contributed by atoms with Crippen LogP contribution in [0.5, 0.6) is 5.75 Å². The monoisotopic (exact) mass is 434 g/mol. The molecule has 1 fully saturated rings. The van der Waals surface area contributed by atoms with Gasteiger partial charge in [-0.05, 0) is 43.9 Å². The Morgan fingerprint density at radius 2 is 2.12 bits per heavy atom. The fourth-order valence-electron chi connectivity index (χ4n) is 3.50. The number of aromatic nitrogens is 1. The van der Waals surface area contributed by atoms with Gasteiger partial charge in [-0.25, -0.2) is 4.98 Å². The molecule has 1 unspecified atom stereocenters. The van der Waals surface area contributed by atoms with Gasteiger partial charge in [-0.1, -0.05) is 43.9 Å². The van der Waals surface area contributed by atoms with Crippen molar-refractivity contribution in [3.05, 3.63) is 60.1 Å². The third-order valence-corrected chi connectivity index (χ3v) is 4.97. The van der Waals surface area contributed by atoms with E-state index in [0.717, 1.165) is 24.3 Å². The summed E-state index contributed by atoms with van der Waals surface area (Å²) in [5.41, 5.74) is 9.48. The standard InChI is InChI=1S/C26H34N4O2/c1-19(2)32-24-13-20(9-8-12-29-21-10-6-5-7-11-21)15-30-25(24)23(27)17-28-16-22-14-26(3,4)18-31-22/h5-7,10-11,13,15,17,19,22,28-29H,12,14,16,18,27H2,1-4H3/b23-17-. The molecule has 1 aromatic heterocycles. The number of pyridine rings is 1. The van der Waals surface area contributed by atoms with Crippen LogP contribution in [0, 0.1) is 17.3 Å². The summed E-state index contributed by atoms with van der Waals surface area (Å²) in [5, 5.41) is 6.54. The van der Waals surface area contributed by atoms with Crippen molar-refractivity contribution in [1.82, 2.24) is 10.3 Å². The number of para-hydroxylation sites is 1. The average molecular weight is 435 g/mol. The first-order valence-corrected chi connectivity index (χ1v) is 11.1. The number of rotatable bonds is 8. The zero-order valence-electron chi connectivity index (χ0n) is 19.4. The molecule has 6 heteroatoms. The van der Waals surface area contributed by atoms with Gasteiger partial charge in [0, 0.05) is 30.2 Å². The van der Waals surface area contributed by atoms with Gasteiger partial charge in [-0.3, -0.25) is 0 Å². The Bertz CT molecular complexity index is 974. The molecule has 1 saturated heterocycles. The highest BCUT2D eigenvalue weighted by Gasteiger charge is 2.31. The van der Waals surface area contributed by atoms with Crippen molar-refractivity contribution < 1.29 is 9.47 Å². The summed E-state index contributed by atoms with van der Waals surface area (Å²) in [6, 6.07) is 11.9. The van der Waals surface area contributed by atoms with Crippen LogP contribution in [0.4, 0.5) is 5.69 Å². The molecule has 1 aliphatic heterocycles. The van der Waals surface area contributed by atoms with Crippen molar-refractivity contribution in [3.63, 3.8) is 0 Å². The molecule has 6 nitrogen and oxygen atoms in total. The Hall–Kier alpha value is -3.17. The minimum absolute atomic E-state index is 0.00612. The molecule has 1 aromatic carbocycles. The molecular weight excluding hydrogens is 400 g/mol. The second-order valence-electron chi connectivity index (χ2n) is 9.07. The quantitative estimate of drug-likeness (QED) is 0.545. The van der Waals surface area contributed by atoms with Crippen LogP contribution in [0.15, 0.2) is 48.8 Å². The molecule has 2 heterocycles. The molecule has 0 bridgehead atoms. The normalized spacial score (nSPS) is 17.5. The van der Waals surface area contributed by atoms with Gasteiger partial charge < -0.3 is 25.8 Å². The van der Waals surface area contributed by atoms with Crippen molar-refractivity contribution >= 4 is 11.4 Å². The molecule has 0 spiro atoms. The van der Waals surface area contributed by atoms with E-state index in [-0.39, 0.29) is 17.6 Å². The minimum Gasteiger partial charge on any atom is -0.489 e. The molecule has 0 saturated carbocycles. The van der Waals surface area contributed by atoms with Gasteiger partial charge in [-0.15, -0.1) is 0 Å². The number of nitrogens with zero attached hydrogens (tertiary/aromatic N) is 1. The highest BCUT2D eigenvalue weighted by molar-refractivity contribution is 5.65. The topological polar surface area (TPSA) is 81.4 Å². The van der Waals surface area contributed by atoms with Crippen LogP contribution < -0.4 is 21.1 Å². The number of hydrogen-bond acceptors (Lipinski definition) is 6. The number of anilines is 1. The van der Waals surface area contributed by atoms with E-state index < -0.39 is 0 Å². The Balaban J connectivity index is 1.64. The molecule has 0 radical (unpaired) electrons. The number of ether oxygens (including phenoxy) is 2. The minimum atomic E-state index is -0.00612. The molecule has 3 rings (SSSR count). The van der Waals surface area contributed by atoms with Crippen LogP contribution in [0.3, 0.4) is 0 Å². The van der Waals surface area contributed by atoms with Crippen molar-refractivity contribution in [1.29, 1.82) is 0 Å². The lowest BCUT2D eigenvalue weighted by Gasteiger charge is -2.15. The predicted octanol–water partition coefficient (Wildman–Crippen LogP) is 3.99. The van der Waals surface area contributed by atoms with Crippen LogP contribution in [-0.4, -0.2) is 36.9 Å². The van der Waals surface area contributed by atoms with E-state index >= 15 is 0 Å². The third kappa shape index (κ3) is 7.21. The molecule has 0 aliphatic carbocycles. The second-order valence-corrected chi connectivity index (χ2v) is 9.07. The summed E-state index contributed by atoms with van der Waals surface area (Å²) in [6.07, 6.45) is 4.71. The van der Waals surface area contributed by atoms with Gasteiger partial charge in [0.15, 0.2) is 0 Å². The van der Waals surface area contributed by atoms with Gasteiger partial charge in [0.2, 0.25) is 0 Å². The smallest absolute Gasteiger partial charge is 0.148 e. The first-order chi connectivity index (χ1) is 15.3. The highest BCUT2D eigenvalue weighted by Crippen LogP contribution is 2.31. The zero-order valence-corrected chi connectivity index (χ0v) is 19.4. The summed E-state index contributed by atoms with van der Waals surface area (Å²) in [6.45, 7) is 10.4. The maximum absolute atomic E-state index is 6.31. The molecule has 0 amide bonds. The summed E-state index contributed by atoms with van der Waals surface area (Å²) in [5.74, 6) is 6.88. The highest BCUT2D eigenvalue weighted by atomic mass is 16.5. The Morgan fingerprint density at radius 1 is 1.34 bits per heavy atom. The van der Waals surface area contributed by atoms with Gasteiger partial charge in [0.1, 0.15) is 11.4 Å². The largest absolute Gasteiger partial charge is 0.489 e. The van der Waals surface area contributed by atoms with Crippen LogP contribution in [0.25, 0.3) is 5.70 Å². The summed E-state index contributed by atoms with van der Waals surface area (Å²) in [4.78, 5) is 4.53. The van der Waals surface area contributed by atoms with Gasteiger partial charge >= 0.3 is 0 Å². The summed E-state index contributed by atoms with van der Waals surface area (Å²) >= 11 is 0. The molecule has 32 heavy (non-hydrogen) atoms. The van der Waals surface area contributed by atoms with Crippen molar-refractivity contribution in [2.24, 2.45) is 11.1 Å². The van der Waals surface area contributed by atoms with E-state index in [4.69, 9.17) is 15.2 Å². The van der Waals surface area contributed by atoms with E-state index in [1.807, 2.05) is 50.2 Å². The molecule has 1 atom stereocenters. The fourth-order valence-corrected chi connectivity index (χ4v) is 3.50. The number of hydrogen-bond donors (Lipinski definition) is 3. The van der Waals surface area contributed by atoms with Crippen LogP contribution in [0.2, 0.25) is 0 Å². The molecule has 4 N–H and O–H groups in total. The summed E-state index contributed by atoms with van der Waals surface area (Å²) in [7, 11) is 0. The van der Waals surface area contributed by atoms with E-state index in [0.29, 0.717) is 30.2 Å². The van der Waals surface area contributed by atoms with E-state index in [1.165, 1.54) is 0 Å². The van der Waals surface area contributed by atoms with Crippen LogP contribution in [-0.2, 0) is 4.74 Å². The van der Waals surface area contributed by atoms with Gasteiger partial charge in [-0.2, -0.15) is 0 Å². The zero-order chi connectivity index (χ0) is 23.0. The van der Waals surface area contributed by atoms with Gasteiger partial charge in [0.05, 0.1) is 31.1 Å². The Morgan fingerprint density at radius 3 is 2.81 bits per heavy atom. The molecular formula is C26H34N4O2. The van der Waals surface area contributed by atoms with E-state index in [2.05, 4.69) is 41.3 Å². The number of nitrogens with two attached hydrogens (primary N) is 1. The SMILES string of the molecule is CC(C)Oc1cc(C#CCNc2ccccc2)cnc1/C(N)=C/NCC1CC(C)(C)CO1. The Kier molecular flexibility index (Phi) is 8.02. The second kappa shape index (κ2) is 10.9. The average Bonchev–Trinajstić information content (AvgIpc) is 3.10. The summed E-state index contributed by atoms with van der Waals surface area (Å²) < 4.78 is 11.8. The lowest BCUT2D eigenvalue weighted by atomic mass is 9.91. The van der Waals surface area contributed by atoms with Crippen molar-refractivity contribution in [3.8, 4) is 17.6 Å². The van der Waals surface area contributed by atoms with Crippen LogP contribution in [0.1, 0.15) is 45.4 Å². The number of nitrogens with one attached hydrogen (secondary N) is 2. The van der Waals surface area contributed by atoms with Crippen LogP contribution >= 0.6 is 0 Å². The fraction of sp³-hybridized carbons (Fsp3) is 0.423. The lowest BCUT2D eigenvalue weighted by Crippen LogP contribution is -2.24. The van der Waals surface area contributed by atoms with Crippen molar-refractivity contribution in [2.75, 3.05) is 25.0 Å². The first kappa shape index (κ1) is 23.5. The predicted molar refractivity (Wildman–Crippen MR) is 130 cm³/mol. The maximum atomic E-state index is 6.31. The molecule has 2 aromatic rings.